The summed E-state index contributed by atoms with van der Waals surface area (Å²) in [5, 5.41) is 27.2. The molecule has 1 aliphatic heterocycles. The number of fused-ring (bicyclic) bond motifs is 1. The van der Waals surface area contributed by atoms with Gasteiger partial charge < -0.3 is 24.1 Å². The first-order valence-electron chi connectivity index (χ1n) is 11.5. The topological polar surface area (TPSA) is 125 Å². The summed E-state index contributed by atoms with van der Waals surface area (Å²) in [7, 11) is 0. The molecular formula is C25H24FN5O5. The van der Waals surface area contributed by atoms with Crippen LogP contribution >= 0.6 is 0 Å². The summed E-state index contributed by atoms with van der Waals surface area (Å²) in [6.07, 6.45) is 1.31. The van der Waals surface area contributed by atoms with Crippen molar-refractivity contribution in [3.8, 4) is 17.2 Å². The van der Waals surface area contributed by atoms with Gasteiger partial charge in [0.1, 0.15) is 17.1 Å². The van der Waals surface area contributed by atoms with Gasteiger partial charge in [-0.2, -0.15) is 0 Å². The van der Waals surface area contributed by atoms with Crippen LogP contribution in [-0.4, -0.2) is 62.0 Å². The number of aryl methyl sites for hydroxylation is 1. The smallest absolute Gasteiger partial charge is 0.341 e. The second-order valence-corrected chi connectivity index (χ2v) is 8.60. The van der Waals surface area contributed by atoms with Crippen molar-refractivity contribution in [2.75, 3.05) is 31.1 Å². The number of benzene rings is 2. The Morgan fingerprint density at radius 1 is 1.14 bits per heavy atom. The molecule has 0 radical (unpaired) electrons. The minimum atomic E-state index is -1.33. The van der Waals surface area contributed by atoms with Gasteiger partial charge in [0.25, 0.3) is 0 Å². The fourth-order valence-corrected chi connectivity index (χ4v) is 4.47. The molecule has 4 aromatic rings. The number of hydrogen-bond acceptors (Lipinski definition) is 8. The van der Waals surface area contributed by atoms with Crippen LogP contribution in [0.25, 0.3) is 22.4 Å². The number of aromatic hydroxyl groups is 1. The zero-order valence-corrected chi connectivity index (χ0v) is 19.5. The average Bonchev–Trinajstić information content (AvgIpc) is 3.33. The Kier molecular flexibility index (Phi) is 6.15. The Morgan fingerprint density at radius 2 is 1.92 bits per heavy atom. The number of carboxylic acids is 1. The fourth-order valence-electron chi connectivity index (χ4n) is 4.47. The van der Waals surface area contributed by atoms with Crippen molar-refractivity contribution in [3.05, 3.63) is 70.1 Å². The lowest BCUT2D eigenvalue weighted by Crippen LogP contribution is -2.46. The van der Waals surface area contributed by atoms with E-state index in [0.29, 0.717) is 67.8 Å². The van der Waals surface area contributed by atoms with Gasteiger partial charge in [0.2, 0.25) is 17.2 Å². The van der Waals surface area contributed by atoms with E-state index in [4.69, 9.17) is 4.42 Å². The summed E-state index contributed by atoms with van der Waals surface area (Å²) >= 11 is 0. The second kappa shape index (κ2) is 9.42. The van der Waals surface area contributed by atoms with Gasteiger partial charge in [-0.05, 0) is 37.3 Å². The number of anilines is 1. The molecule has 2 aromatic carbocycles. The molecule has 0 amide bonds. The molecule has 0 saturated carbocycles. The molecule has 10 nitrogen and oxygen atoms in total. The van der Waals surface area contributed by atoms with Gasteiger partial charge in [-0.3, -0.25) is 9.69 Å². The predicted molar refractivity (Wildman–Crippen MR) is 130 cm³/mol. The molecule has 1 aliphatic rings. The van der Waals surface area contributed by atoms with Crippen molar-refractivity contribution in [3.63, 3.8) is 0 Å². The molecule has 36 heavy (non-hydrogen) atoms. The van der Waals surface area contributed by atoms with E-state index in [-0.39, 0.29) is 16.7 Å². The first-order chi connectivity index (χ1) is 17.3. The molecule has 0 spiro atoms. The zero-order chi connectivity index (χ0) is 25.4. The molecule has 3 heterocycles. The highest BCUT2D eigenvalue weighted by molar-refractivity contribution is 5.93. The van der Waals surface area contributed by atoms with Crippen LogP contribution in [0.2, 0.25) is 0 Å². The standard InChI is InChI=1S/C25H24FN5O5/c1-2-30-13-18(25(34)35)23(33)17-11-19(26)21(12-20(17)30)31-8-6-29(7-9-31)14-22-27-28-24(36-22)15-4-3-5-16(32)10-15/h3-5,10-13,32H,2,6-9,14H2,1H3,(H,34,35). The Balaban J connectivity index is 1.31. The Bertz CT molecular complexity index is 1510. The van der Waals surface area contributed by atoms with Crippen molar-refractivity contribution in [1.82, 2.24) is 19.7 Å². The molecule has 186 valence electrons. The SMILES string of the molecule is CCn1cc(C(=O)O)c(=O)c2cc(F)c(N3CCN(Cc4nnc(-c5cccc(O)c5)o4)CC3)cc21. The fraction of sp³-hybridized carbons (Fsp3) is 0.280. The molecule has 5 rings (SSSR count). The van der Waals surface area contributed by atoms with Crippen LogP contribution in [-0.2, 0) is 13.1 Å². The number of pyridine rings is 1. The highest BCUT2D eigenvalue weighted by Gasteiger charge is 2.23. The largest absolute Gasteiger partial charge is 0.508 e. The van der Waals surface area contributed by atoms with Gasteiger partial charge in [-0.15, -0.1) is 10.2 Å². The van der Waals surface area contributed by atoms with Crippen LogP contribution in [0.1, 0.15) is 23.2 Å². The van der Waals surface area contributed by atoms with E-state index < -0.39 is 17.2 Å². The van der Waals surface area contributed by atoms with E-state index in [1.165, 1.54) is 6.20 Å². The molecule has 0 bridgehead atoms. The van der Waals surface area contributed by atoms with E-state index >= 15 is 4.39 Å². The molecule has 0 aliphatic carbocycles. The molecule has 0 atom stereocenters. The number of aromatic nitrogens is 3. The van der Waals surface area contributed by atoms with Crippen LogP contribution in [0.5, 0.6) is 5.75 Å². The number of carbonyl (C=O) groups is 1. The van der Waals surface area contributed by atoms with Crippen molar-refractivity contribution in [2.24, 2.45) is 0 Å². The summed E-state index contributed by atoms with van der Waals surface area (Å²) in [5.74, 6) is -1.01. The first kappa shape index (κ1) is 23.5. The van der Waals surface area contributed by atoms with E-state index in [0.717, 1.165) is 6.07 Å². The number of hydrogen-bond donors (Lipinski definition) is 2. The van der Waals surface area contributed by atoms with Crippen molar-refractivity contribution in [2.45, 2.75) is 20.0 Å². The lowest BCUT2D eigenvalue weighted by atomic mass is 10.1. The summed E-state index contributed by atoms with van der Waals surface area (Å²) in [6.45, 7) is 5.04. The van der Waals surface area contributed by atoms with E-state index in [9.17, 15) is 19.8 Å². The maximum absolute atomic E-state index is 15.1. The van der Waals surface area contributed by atoms with Crippen LogP contribution in [0.3, 0.4) is 0 Å². The number of phenolic OH excluding ortho intramolecular Hbond substituents is 1. The summed E-state index contributed by atoms with van der Waals surface area (Å²) in [4.78, 5) is 28.1. The molecule has 11 heteroatoms. The maximum Gasteiger partial charge on any atom is 0.341 e. The van der Waals surface area contributed by atoms with Crippen LogP contribution in [0, 0.1) is 5.82 Å². The Labute approximate surface area is 204 Å². The van der Waals surface area contributed by atoms with Gasteiger partial charge in [-0.25, -0.2) is 9.18 Å². The lowest BCUT2D eigenvalue weighted by Gasteiger charge is -2.35. The van der Waals surface area contributed by atoms with Crippen molar-refractivity contribution >= 4 is 22.6 Å². The lowest BCUT2D eigenvalue weighted by molar-refractivity contribution is 0.0695. The predicted octanol–water partition coefficient (Wildman–Crippen LogP) is 2.94. The molecule has 1 saturated heterocycles. The van der Waals surface area contributed by atoms with Gasteiger partial charge >= 0.3 is 5.97 Å². The third-order valence-electron chi connectivity index (χ3n) is 6.35. The Morgan fingerprint density at radius 3 is 2.61 bits per heavy atom. The number of piperazine rings is 1. The number of phenols is 1. The van der Waals surface area contributed by atoms with Gasteiger partial charge in [0, 0.05) is 49.9 Å². The normalized spacial score (nSPS) is 14.4. The third-order valence-corrected chi connectivity index (χ3v) is 6.35. The molecular weight excluding hydrogens is 469 g/mol. The van der Waals surface area contributed by atoms with Gasteiger partial charge in [0.05, 0.1) is 17.7 Å². The average molecular weight is 493 g/mol. The molecule has 1 fully saturated rings. The summed E-state index contributed by atoms with van der Waals surface area (Å²) in [6, 6.07) is 9.34. The van der Waals surface area contributed by atoms with Crippen LogP contribution < -0.4 is 10.3 Å². The molecule has 2 N–H and O–H groups in total. The second-order valence-electron chi connectivity index (χ2n) is 8.60. The summed E-state index contributed by atoms with van der Waals surface area (Å²) in [5.41, 5.74) is 0.430. The zero-order valence-electron chi connectivity index (χ0n) is 19.5. The van der Waals surface area contributed by atoms with Crippen molar-refractivity contribution < 1.29 is 23.8 Å². The third kappa shape index (κ3) is 4.40. The van der Waals surface area contributed by atoms with Crippen LogP contribution in [0.4, 0.5) is 10.1 Å². The highest BCUT2D eigenvalue weighted by atomic mass is 19.1. The van der Waals surface area contributed by atoms with E-state index in [2.05, 4.69) is 15.1 Å². The van der Waals surface area contributed by atoms with Crippen molar-refractivity contribution in [1.29, 1.82) is 0 Å². The Hall–Kier alpha value is -4.25. The van der Waals surface area contributed by atoms with Gasteiger partial charge in [0.15, 0.2) is 0 Å². The monoisotopic (exact) mass is 493 g/mol. The highest BCUT2D eigenvalue weighted by Crippen LogP contribution is 2.27. The number of rotatable bonds is 6. The van der Waals surface area contributed by atoms with Gasteiger partial charge in [-0.1, -0.05) is 6.07 Å². The minimum absolute atomic E-state index is 0.0515. The van der Waals surface area contributed by atoms with E-state index in [1.54, 1.807) is 34.9 Å². The molecule has 2 aromatic heterocycles. The number of nitrogens with zero attached hydrogens (tertiary/aromatic N) is 5. The maximum atomic E-state index is 15.1. The summed E-state index contributed by atoms with van der Waals surface area (Å²) < 4.78 is 22.5. The number of halogens is 1. The van der Waals surface area contributed by atoms with E-state index in [1.807, 2.05) is 11.8 Å². The molecule has 0 unspecified atom stereocenters. The quantitative estimate of drug-likeness (QED) is 0.417. The van der Waals surface area contributed by atoms with Crippen LogP contribution in [0.15, 0.2) is 51.8 Å². The number of carboxylic acid groups (broad SMARTS) is 1. The first-order valence-corrected chi connectivity index (χ1v) is 11.5. The number of aromatic carboxylic acids is 1. The minimum Gasteiger partial charge on any atom is -0.508 e.